The first-order chi connectivity index (χ1) is 5.29. The van der Waals surface area contributed by atoms with Crippen molar-refractivity contribution in [3.63, 3.8) is 0 Å². The minimum Gasteiger partial charge on any atom is -0.389 e. The van der Waals surface area contributed by atoms with Gasteiger partial charge in [-0.2, -0.15) is 0 Å². The fourth-order valence-corrected chi connectivity index (χ4v) is 1.95. The second-order valence-corrected chi connectivity index (χ2v) is 6.15. The van der Waals surface area contributed by atoms with E-state index in [2.05, 4.69) is 5.16 Å². The molecule has 70 valence electrons. The lowest BCUT2D eigenvalue weighted by Gasteiger charge is -2.12. The average Bonchev–Trinajstić information content (AvgIpc) is 2.05. The van der Waals surface area contributed by atoms with Crippen LogP contribution in [-0.2, 0) is 13.9 Å². The highest BCUT2D eigenvalue weighted by Crippen LogP contribution is 2.23. The number of hydrogen-bond donors (Lipinski definition) is 0. The molecule has 0 unspecified atom stereocenters. The van der Waals surface area contributed by atoms with Gasteiger partial charge in [-0.05, 0) is 13.8 Å². The Morgan fingerprint density at radius 2 is 2.25 bits per heavy atom. The highest BCUT2D eigenvalue weighted by atomic mass is 35.7. The van der Waals surface area contributed by atoms with Gasteiger partial charge in [-0.3, -0.25) is 0 Å². The Balaban J connectivity index is 2.60. The zero-order valence-corrected chi connectivity index (χ0v) is 8.44. The topological polar surface area (TPSA) is 55.7 Å². The second-order valence-electron chi connectivity index (χ2n) is 3.37. The molecule has 0 aromatic carbocycles. The van der Waals surface area contributed by atoms with E-state index in [9.17, 15) is 8.42 Å². The molecule has 1 aliphatic heterocycles. The highest BCUT2D eigenvalue weighted by molar-refractivity contribution is 8.14. The van der Waals surface area contributed by atoms with Gasteiger partial charge in [0, 0.05) is 17.1 Å². The van der Waals surface area contributed by atoms with Crippen LogP contribution >= 0.6 is 10.7 Å². The van der Waals surface area contributed by atoms with E-state index in [-0.39, 0.29) is 5.75 Å². The van der Waals surface area contributed by atoms with Gasteiger partial charge in [0.1, 0.15) is 11.4 Å². The third-order valence-corrected chi connectivity index (χ3v) is 2.40. The number of oxime groups is 1. The van der Waals surface area contributed by atoms with E-state index in [0.29, 0.717) is 12.1 Å². The lowest BCUT2D eigenvalue weighted by Crippen LogP contribution is -2.21. The zero-order valence-electron chi connectivity index (χ0n) is 6.87. The van der Waals surface area contributed by atoms with E-state index in [1.165, 1.54) is 0 Å². The van der Waals surface area contributed by atoms with Gasteiger partial charge in [0.25, 0.3) is 0 Å². The first kappa shape index (κ1) is 9.80. The van der Waals surface area contributed by atoms with Crippen LogP contribution in [0.25, 0.3) is 0 Å². The van der Waals surface area contributed by atoms with Crippen molar-refractivity contribution in [1.29, 1.82) is 0 Å². The molecule has 12 heavy (non-hydrogen) atoms. The third-order valence-electron chi connectivity index (χ3n) is 1.39. The molecule has 1 rings (SSSR count). The molecule has 0 amide bonds. The van der Waals surface area contributed by atoms with Gasteiger partial charge in [-0.1, -0.05) is 5.16 Å². The molecule has 1 aliphatic rings. The van der Waals surface area contributed by atoms with Crippen LogP contribution in [0, 0.1) is 0 Å². The smallest absolute Gasteiger partial charge is 0.238 e. The van der Waals surface area contributed by atoms with Crippen molar-refractivity contribution in [3.05, 3.63) is 0 Å². The fraction of sp³-hybridized carbons (Fsp3) is 0.833. The molecule has 0 radical (unpaired) electrons. The van der Waals surface area contributed by atoms with Crippen LogP contribution in [0.4, 0.5) is 0 Å². The molecular formula is C6H10ClNO3S. The van der Waals surface area contributed by atoms with E-state index in [1.54, 1.807) is 0 Å². The molecule has 0 spiro atoms. The van der Waals surface area contributed by atoms with Gasteiger partial charge in [-0.25, -0.2) is 8.42 Å². The predicted molar refractivity (Wildman–Crippen MR) is 46.9 cm³/mol. The van der Waals surface area contributed by atoms with E-state index in [1.807, 2.05) is 13.8 Å². The molecule has 0 bridgehead atoms. The minimum absolute atomic E-state index is 0.224. The Bertz CT molecular complexity index is 307. The average molecular weight is 212 g/mol. The summed E-state index contributed by atoms with van der Waals surface area (Å²) in [7, 11) is 1.55. The summed E-state index contributed by atoms with van der Waals surface area (Å²) in [6.45, 7) is 3.68. The molecule has 0 aliphatic carbocycles. The summed E-state index contributed by atoms with van der Waals surface area (Å²) in [6, 6.07) is 0. The van der Waals surface area contributed by atoms with E-state index < -0.39 is 14.7 Å². The van der Waals surface area contributed by atoms with Crippen LogP contribution in [0.3, 0.4) is 0 Å². The fourth-order valence-electron chi connectivity index (χ4n) is 1.02. The van der Waals surface area contributed by atoms with Crippen molar-refractivity contribution in [3.8, 4) is 0 Å². The first-order valence-corrected chi connectivity index (χ1v) is 5.93. The maximum absolute atomic E-state index is 10.6. The van der Waals surface area contributed by atoms with Crippen molar-refractivity contribution >= 4 is 25.4 Å². The molecule has 0 saturated heterocycles. The zero-order chi connectivity index (χ0) is 9.41. The molecule has 1 heterocycles. The predicted octanol–water partition coefficient (Wildman–Crippen LogP) is 1.11. The maximum Gasteiger partial charge on any atom is 0.238 e. The van der Waals surface area contributed by atoms with Crippen molar-refractivity contribution < 1.29 is 13.3 Å². The monoisotopic (exact) mass is 211 g/mol. The van der Waals surface area contributed by atoms with Crippen molar-refractivity contribution in [2.75, 3.05) is 5.75 Å². The van der Waals surface area contributed by atoms with Gasteiger partial charge in [0.05, 0.1) is 5.71 Å². The standard InChI is InChI=1S/C6H10ClNO3S/c1-6(2)3-5(8-11-6)4-12(7,9)10/h3-4H2,1-2H3. The lowest BCUT2D eigenvalue weighted by atomic mass is 10.0. The summed E-state index contributed by atoms with van der Waals surface area (Å²) in [5.41, 5.74) is 0.0895. The first-order valence-electron chi connectivity index (χ1n) is 3.45. The summed E-state index contributed by atoms with van der Waals surface area (Å²) in [4.78, 5) is 4.96. The Morgan fingerprint density at radius 1 is 1.67 bits per heavy atom. The largest absolute Gasteiger partial charge is 0.389 e. The molecule has 0 fully saturated rings. The lowest BCUT2D eigenvalue weighted by molar-refractivity contribution is 0.0123. The molecule has 0 atom stereocenters. The van der Waals surface area contributed by atoms with Crippen molar-refractivity contribution in [2.24, 2.45) is 5.16 Å². The molecule has 0 aromatic heterocycles. The summed E-state index contributed by atoms with van der Waals surface area (Å²) >= 11 is 0. The Labute approximate surface area is 76.0 Å². The minimum atomic E-state index is -3.50. The molecular weight excluding hydrogens is 202 g/mol. The summed E-state index contributed by atoms with van der Waals surface area (Å²) in [5, 5.41) is 3.63. The van der Waals surface area contributed by atoms with E-state index >= 15 is 0 Å². The van der Waals surface area contributed by atoms with Gasteiger partial charge >= 0.3 is 0 Å². The van der Waals surface area contributed by atoms with Crippen LogP contribution in [0.2, 0.25) is 0 Å². The number of halogens is 1. The van der Waals surface area contributed by atoms with Gasteiger partial charge < -0.3 is 4.84 Å². The van der Waals surface area contributed by atoms with Crippen molar-refractivity contribution in [1.82, 2.24) is 0 Å². The number of rotatable bonds is 2. The second kappa shape index (κ2) is 2.88. The molecule has 0 aromatic rings. The quantitative estimate of drug-likeness (QED) is 0.643. The number of hydrogen-bond acceptors (Lipinski definition) is 4. The van der Waals surface area contributed by atoms with Gasteiger partial charge in [0.15, 0.2) is 0 Å². The third kappa shape index (κ3) is 2.98. The van der Waals surface area contributed by atoms with Crippen LogP contribution in [-0.4, -0.2) is 25.5 Å². The summed E-state index contributed by atoms with van der Waals surface area (Å²) in [5.74, 6) is -0.224. The summed E-state index contributed by atoms with van der Waals surface area (Å²) in [6.07, 6.45) is 0.513. The van der Waals surface area contributed by atoms with Gasteiger partial charge in [-0.15, -0.1) is 0 Å². The Kier molecular flexibility index (Phi) is 2.35. The Morgan fingerprint density at radius 3 is 2.58 bits per heavy atom. The maximum atomic E-state index is 10.6. The molecule has 0 saturated carbocycles. The van der Waals surface area contributed by atoms with Crippen LogP contribution in [0.15, 0.2) is 5.16 Å². The highest BCUT2D eigenvalue weighted by Gasteiger charge is 2.30. The van der Waals surface area contributed by atoms with Crippen molar-refractivity contribution in [2.45, 2.75) is 25.9 Å². The normalized spacial score (nSPS) is 21.8. The van der Waals surface area contributed by atoms with Crippen LogP contribution < -0.4 is 0 Å². The summed E-state index contributed by atoms with van der Waals surface area (Å²) < 4.78 is 21.3. The van der Waals surface area contributed by atoms with E-state index in [0.717, 1.165) is 0 Å². The molecule has 0 N–H and O–H groups in total. The van der Waals surface area contributed by atoms with Crippen LogP contribution in [0.1, 0.15) is 20.3 Å². The SMILES string of the molecule is CC1(C)CC(CS(=O)(=O)Cl)=NO1. The molecule has 6 heteroatoms. The number of nitrogens with zero attached hydrogens (tertiary/aromatic N) is 1. The van der Waals surface area contributed by atoms with Gasteiger partial charge in [0.2, 0.25) is 9.05 Å². The van der Waals surface area contributed by atoms with Crippen LogP contribution in [0.5, 0.6) is 0 Å². The Hall–Kier alpha value is -0.290. The van der Waals surface area contributed by atoms with E-state index in [4.69, 9.17) is 15.5 Å². The molecule has 4 nitrogen and oxygen atoms in total.